The first kappa shape index (κ1) is 13.8. The molecule has 0 spiro atoms. The standard InChI is InChI=1S/C14H12ClNO2S/c1-9-2-5-11(6-3-9)19-16-13-8-10(14(17)18)4-7-12(13)15/h2-8,16H,1H3,(H,17,18). The normalized spacial score (nSPS) is 10.2. The maximum absolute atomic E-state index is 10.9. The van der Waals surface area contributed by atoms with Gasteiger partial charge in [0.15, 0.2) is 0 Å². The molecule has 19 heavy (non-hydrogen) atoms. The minimum atomic E-state index is -0.972. The van der Waals surface area contributed by atoms with Gasteiger partial charge in [0.2, 0.25) is 0 Å². The number of benzene rings is 2. The Bertz CT molecular complexity index is 599. The van der Waals surface area contributed by atoms with Crippen LogP contribution in [0.4, 0.5) is 5.69 Å². The topological polar surface area (TPSA) is 49.3 Å². The van der Waals surface area contributed by atoms with Crippen molar-refractivity contribution in [1.29, 1.82) is 0 Å². The number of rotatable bonds is 4. The molecule has 0 aromatic heterocycles. The summed E-state index contributed by atoms with van der Waals surface area (Å²) in [5.41, 5.74) is 1.99. The van der Waals surface area contributed by atoms with Crippen LogP contribution in [-0.2, 0) is 0 Å². The molecule has 0 atom stereocenters. The fourth-order valence-electron chi connectivity index (χ4n) is 1.46. The number of carboxylic acid groups (broad SMARTS) is 1. The quantitative estimate of drug-likeness (QED) is 0.817. The fourth-order valence-corrected chi connectivity index (χ4v) is 2.35. The number of carboxylic acids is 1. The van der Waals surface area contributed by atoms with E-state index in [0.717, 1.165) is 4.90 Å². The molecule has 0 fully saturated rings. The highest BCUT2D eigenvalue weighted by atomic mass is 35.5. The number of halogens is 1. The monoisotopic (exact) mass is 293 g/mol. The second-order valence-electron chi connectivity index (χ2n) is 4.02. The number of carbonyl (C=O) groups is 1. The van der Waals surface area contributed by atoms with Gasteiger partial charge < -0.3 is 9.83 Å². The van der Waals surface area contributed by atoms with Gasteiger partial charge in [0.25, 0.3) is 0 Å². The van der Waals surface area contributed by atoms with E-state index in [1.807, 2.05) is 31.2 Å². The molecule has 2 rings (SSSR count). The Morgan fingerprint density at radius 3 is 2.53 bits per heavy atom. The second kappa shape index (κ2) is 5.99. The predicted molar refractivity (Wildman–Crippen MR) is 79.1 cm³/mol. The van der Waals surface area contributed by atoms with E-state index in [2.05, 4.69) is 4.72 Å². The van der Waals surface area contributed by atoms with Crippen LogP contribution in [0.15, 0.2) is 47.4 Å². The maximum atomic E-state index is 10.9. The van der Waals surface area contributed by atoms with Gasteiger partial charge >= 0.3 is 5.97 Å². The highest BCUT2D eigenvalue weighted by Crippen LogP contribution is 2.28. The van der Waals surface area contributed by atoms with Crippen molar-refractivity contribution in [2.24, 2.45) is 0 Å². The van der Waals surface area contributed by atoms with Gasteiger partial charge in [-0.1, -0.05) is 29.3 Å². The number of aryl methyl sites for hydroxylation is 1. The number of hydrogen-bond donors (Lipinski definition) is 2. The largest absolute Gasteiger partial charge is 0.478 e. The van der Waals surface area contributed by atoms with Crippen molar-refractivity contribution in [1.82, 2.24) is 0 Å². The summed E-state index contributed by atoms with van der Waals surface area (Å²) in [6, 6.07) is 12.6. The summed E-state index contributed by atoms with van der Waals surface area (Å²) in [6.07, 6.45) is 0. The zero-order valence-corrected chi connectivity index (χ0v) is 11.8. The van der Waals surface area contributed by atoms with E-state index >= 15 is 0 Å². The Morgan fingerprint density at radius 1 is 1.21 bits per heavy atom. The van der Waals surface area contributed by atoms with Gasteiger partial charge in [-0.15, -0.1) is 0 Å². The van der Waals surface area contributed by atoms with Crippen molar-refractivity contribution >= 4 is 35.2 Å². The number of hydrogen-bond acceptors (Lipinski definition) is 3. The second-order valence-corrected chi connectivity index (χ2v) is 5.30. The zero-order valence-electron chi connectivity index (χ0n) is 10.2. The summed E-state index contributed by atoms with van der Waals surface area (Å²) in [5.74, 6) is -0.972. The van der Waals surface area contributed by atoms with Crippen LogP contribution in [0.2, 0.25) is 5.02 Å². The third kappa shape index (κ3) is 3.66. The van der Waals surface area contributed by atoms with Crippen LogP contribution in [0.25, 0.3) is 0 Å². The molecule has 0 aliphatic rings. The Labute approximate surface area is 120 Å². The Morgan fingerprint density at radius 2 is 1.89 bits per heavy atom. The molecule has 0 saturated carbocycles. The van der Waals surface area contributed by atoms with E-state index in [9.17, 15) is 4.79 Å². The van der Waals surface area contributed by atoms with Crippen LogP contribution in [0, 0.1) is 6.92 Å². The lowest BCUT2D eigenvalue weighted by molar-refractivity contribution is 0.0697. The molecule has 2 aromatic carbocycles. The first-order valence-corrected chi connectivity index (χ1v) is 6.78. The molecule has 0 aliphatic heterocycles. The number of anilines is 1. The van der Waals surface area contributed by atoms with Gasteiger partial charge in [-0.25, -0.2) is 4.79 Å². The third-order valence-electron chi connectivity index (χ3n) is 2.51. The summed E-state index contributed by atoms with van der Waals surface area (Å²) < 4.78 is 3.07. The Balaban J connectivity index is 2.12. The summed E-state index contributed by atoms with van der Waals surface area (Å²) in [7, 11) is 0. The molecule has 0 saturated heterocycles. The first-order chi connectivity index (χ1) is 9.06. The average molecular weight is 294 g/mol. The molecular weight excluding hydrogens is 282 g/mol. The molecule has 0 aliphatic carbocycles. The molecule has 3 nitrogen and oxygen atoms in total. The van der Waals surface area contributed by atoms with Gasteiger partial charge in [0, 0.05) is 4.90 Å². The van der Waals surface area contributed by atoms with Crippen LogP contribution in [-0.4, -0.2) is 11.1 Å². The molecule has 0 bridgehead atoms. The zero-order chi connectivity index (χ0) is 13.8. The Hall–Kier alpha value is -1.65. The van der Waals surface area contributed by atoms with Crippen LogP contribution in [0.1, 0.15) is 15.9 Å². The van der Waals surface area contributed by atoms with E-state index in [1.165, 1.54) is 29.6 Å². The smallest absolute Gasteiger partial charge is 0.335 e. The van der Waals surface area contributed by atoms with Gasteiger partial charge in [-0.2, -0.15) is 0 Å². The van der Waals surface area contributed by atoms with Crippen LogP contribution in [0.3, 0.4) is 0 Å². The highest BCUT2D eigenvalue weighted by molar-refractivity contribution is 8.00. The molecular formula is C14H12ClNO2S. The summed E-state index contributed by atoms with van der Waals surface area (Å²) in [4.78, 5) is 11.9. The molecule has 0 amide bonds. The summed E-state index contributed by atoms with van der Waals surface area (Å²) >= 11 is 7.41. The molecule has 5 heteroatoms. The van der Waals surface area contributed by atoms with Gasteiger partial charge in [0.1, 0.15) is 0 Å². The van der Waals surface area contributed by atoms with E-state index in [0.29, 0.717) is 10.7 Å². The van der Waals surface area contributed by atoms with Gasteiger partial charge in [0.05, 0.1) is 16.3 Å². The lowest BCUT2D eigenvalue weighted by Crippen LogP contribution is -1.97. The Kier molecular flexibility index (Phi) is 4.35. The highest BCUT2D eigenvalue weighted by Gasteiger charge is 2.07. The van der Waals surface area contributed by atoms with Crippen molar-refractivity contribution in [3.8, 4) is 0 Å². The molecule has 2 aromatic rings. The van der Waals surface area contributed by atoms with Crippen molar-refractivity contribution in [2.45, 2.75) is 11.8 Å². The molecule has 0 radical (unpaired) electrons. The molecule has 98 valence electrons. The first-order valence-electron chi connectivity index (χ1n) is 5.58. The lowest BCUT2D eigenvalue weighted by Gasteiger charge is -2.08. The van der Waals surface area contributed by atoms with Crippen molar-refractivity contribution < 1.29 is 9.90 Å². The number of aromatic carboxylic acids is 1. The van der Waals surface area contributed by atoms with Gasteiger partial charge in [-0.05, 0) is 49.2 Å². The molecule has 0 unspecified atom stereocenters. The minimum Gasteiger partial charge on any atom is -0.478 e. The van der Waals surface area contributed by atoms with E-state index in [-0.39, 0.29) is 5.56 Å². The van der Waals surface area contributed by atoms with Crippen LogP contribution < -0.4 is 4.72 Å². The van der Waals surface area contributed by atoms with E-state index < -0.39 is 5.97 Å². The summed E-state index contributed by atoms with van der Waals surface area (Å²) in [6.45, 7) is 2.02. The predicted octanol–water partition coefficient (Wildman–Crippen LogP) is 4.47. The average Bonchev–Trinajstić information content (AvgIpc) is 2.39. The molecule has 2 N–H and O–H groups in total. The van der Waals surface area contributed by atoms with Crippen molar-refractivity contribution in [3.63, 3.8) is 0 Å². The van der Waals surface area contributed by atoms with Gasteiger partial charge in [-0.3, -0.25) is 0 Å². The van der Waals surface area contributed by atoms with Crippen molar-refractivity contribution in [2.75, 3.05) is 4.72 Å². The maximum Gasteiger partial charge on any atom is 0.335 e. The van der Waals surface area contributed by atoms with E-state index in [4.69, 9.17) is 16.7 Å². The lowest BCUT2D eigenvalue weighted by atomic mass is 10.2. The van der Waals surface area contributed by atoms with Crippen LogP contribution in [0.5, 0.6) is 0 Å². The van der Waals surface area contributed by atoms with Crippen LogP contribution >= 0.6 is 23.5 Å². The van der Waals surface area contributed by atoms with Crippen molar-refractivity contribution in [3.05, 3.63) is 58.6 Å². The number of nitrogens with one attached hydrogen (secondary N) is 1. The fraction of sp³-hybridized carbons (Fsp3) is 0.0714. The van der Waals surface area contributed by atoms with E-state index in [1.54, 1.807) is 6.07 Å². The SMILES string of the molecule is Cc1ccc(SNc2cc(C(=O)O)ccc2Cl)cc1. The third-order valence-corrected chi connectivity index (χ3v) is 3.67. The summed E-state index contributed by atoms with van der Waals surface area (Å²) in [5, 5.41) is 9.43. The molecule has 0 heterocycles. The minimum absolute atomic E-state index is 0.205.